The summed E-state index contributed by atoms with van der Waals surface area (Å²) in [7, 11) is -4.06. The van der Waals surface area contributed by atoms with Crippen LogP contribution in [0.5, 0.6) is 0 Å². The van der Waals surface area contributed by atoms with Gasteiger partial charge >= 0.3 is 21.3 Å². The number of nitrogen functional groups attached to an aromatic ring is 3. The summed E-state index contributed by atoms with van der Waals surface area (Å²) in [5.74, 6) is 0.0410. The van der Waals surface area contributed by atoms with Crippen LogP contribution in [0.15, 0.2) is 38.0 Å². The molecule has 9 rings (SSSR count). The Morgan fingerprint density at radius 2 is 1.01 bits per heavy atom. The monoisotopic (exact) mass is 1050 g/mol. The van der Waals surface area contributed by atoms with Crippen LogP contribution in [0.2, 0.25) is 0 Å². The Kier molecular flexibility index (Phi) is 13.6. The lowest BCUT2D eigenvalue weighted by molar-refractivity contribution is -0.0622. The van der Waals surface area contributed by atoms with Crippen molar-refractivity contribution in [2.24, 2.45) is 0 Å². The molecule has 13 N–H and O–H groups in total. The van der Waals surface area contributed by atoms with Gasteiger partial charge in [-0.05, 0) is 23.6 Å². The molecule has 0 spiro atoms. The quantitative estimate of drug-likeness (QED) is 0.0418. The smallest absolute Gasteiger partial charge is 0.387 e. The van der Waals surface area contributed by atoms with E-state index in [1.54, 1.807) is 0 Å². The summed E-state index contributed by atoms with van der Waals surface area (Å²) in [5.41, 5.74) is 18.7. The van der Waals surface area contributed by atoms with Gasteiger partial charge in [-0.3, -0.25) is 27.3 Å². The minimum absolute atomic E-state index is 0.00116. The number of rotatable bonds is 17. The zero-order valence-corrected chi connectivity index (χ0v) is 38.8. The molecule has 3 aliphatic rings. The van der Waals surface area contributed by atoms with Crippen LogP contribution < -0.4 is 17.2 Å². The number of anilines is 3. The molecule has 3 fully saturated rings. The number of methoxy groups -OCH3 is 1. The number of aliphatic hydroxyl groups excluding tert-OH is 3. The van der Waals surface area contributed by atoms with Gasteiger partial charge in [-0.25, -0.2) is 49.4 Å². The number of aromatic nitrogens is 12. The average Bonchev–Trinajstić information content (AvgIpc) is 4.15. The van der Waals surface area contributed by atoms with E-state index in [4.69, 9.17) is 70.6 Å². The molecule has 68 heavy (non-hydrogen) atoms. The third-order valence-corrected chi connectivity index (χ3v) is 14.3. The van der Waals surface area contributed by atoms with Gasteiger partial charge in [0.05, 0.1) is 38.8 Å². The molecule has 14 unspecified atom stereocenters. The first-order valence-corrected chi connectivity index (χ1v) is 26.3. The summed E-state index contributed by atoms with van der Waals surface area (Å²) < 4.78 is 69.0. The van der Waals surface area contributed by atoms with Crippen LogP contribution in [0, 0.1) is 0 Å². The largest absolute Gasteiger partial charge is 0.472 e. The Bertz CT molecular complexity index is 2970. The van der Waals surface area contributed by atoms with Crippen molar-refractivity contribution in [1.29, 1.82) is 0 Å². The number of fused-ring (bicyclic) bond motifs is 3. The summed E-state index contributed by atoms with van der Waals surface area (Å²) in [4.78, 5) is 78.9. The van der Waals surface area contributed by atoms with E-state index in [1.807, 2.05) is 0 Å². The van der Waals surface area contributed by atoms with Crippen molar-refractivity contribution in [3.63, 3.8) is 0 Å². The van der Waals surface area contributed by atoms with Gasteiger partial charge in [-0.2, -0.15) is 0 Å². The first-order chi connectivity index (χ1) is 32.2. The molecular weight excluding hydrogens is 1010 g/mol. The van der Waals surface area contributed by atoms with Crippen molar-refractivity contribution in [1.82, 2.24) is 58.6 Å². The van der Waals surface area contributed by atoms with Crippen LogP contribution in [0.1, 0.15) is 18.7 Å². The predicted octanol–water partition coefficient (Wildman–Crippen LogP) is -2.61. The lowest BCUT2D eigenvalue weighted by atomic mass is 10.1. The third kappa shape index (κ3) is 9.58. The van der Waals surface area contributed by atoms with Gasteiger partial charge in [-0.15, -0.1) is 0 Å². The number of ether oxygens (including phenoxy) is 4. The summed E-state index contributed by atoms with van der Waals surface area (Å²) in [6, 6.07) is 0. The molecule has 9 heterocycles. The van der Waals surface area contributed by atoms with E-state index >= 15 is 0 Å². The van der Waals surface area contributed by atoms with Gasteiger partial charge in [-0.1, -0.05) is 0 Å². The topological polar surface area (TPSA) is 451 Å². The Balaban J connectivity index is 0.926. The van der Waals surface area contributed by atoms with Crippen LogP contribution in [-0.2, 0) is 69.7 Å². The Labute approximate surface area is 390 Å². The fourth-order valence-electron chi connectivity index (χ4n) is 7.80. The molecule has 14 atom stereocenters. The second-order valence-corrected chi connectivity index (χ2v) is 21.9. The Morgan fingerprint density at radius 3 is 1.53 bits per heavy atom. The van der Waals surface area contributed by atoms with Gasteiger partial charge in [0.2, 0.25) is 0 Å². The molecular formula is C31H40N15O17P3S2. The maximum atomic E-state index is 13.9. The zero-order chi connectivity index (χ0) is 48.4. The van der Waals surface area contributed by atoms with Crippen molar-refractivity contribution in [2.45, 2.75) is 73.6 Å². The maximum Gasteiger partial charge on any atom is 0.472 e. The third-order valence-electron chi connectivity index (χ3n) is 10.9. The first kappa shape index (κ1) is 48.9. The lowest BCUT2D eigenvalue weighted by Crippen LogP contribution is -2.38. The summed E-state index contributed by atoms with van der Waals surface area (Å²) in [5, 5.41) is 33.6. The molecule has 368 valence electrons. The van der Waals surface area contributed by atoms with Crippen LogP contribution >= 0.6 is 21.3 Å². The lowest BCUT2D eigenvalue weighted by Gasteiger charge is -2.27. The first-order valence-electron chi connectivity index (χ1n) is 19.6. The summed E-state index contributed by atoms with van der Waals surface area (Å²) >= 11 is 9.91. The van der Waals surface area contributed by atoms with Gasteiger partial charge in [0.15, 0.2) is 53.1 Å². The molecule has 3 saturated heterocycles. The van der Waals surface area contributed by atoms with Crippen LogP contribution in [0.4, 0.5) is 17.5 Å². The van der Waals surface area contributed by atoms with Crippen molar-refractivity contribution in [3.8, 4) is 0 Å². The highest BCUT2D eigenvalue weighted by atomic mass is 32.5. The SMILES string of the molecule is COC1C(COP(O)(O)=S)OC(n2cnc3c(N)ncnc32)C1OP(=O)(O)OCC1OC(n2cnc3c(N)ncnc32)C(OP(O)(=S)OCC2OC(n3cnc4c(N)ncnc43)C(O)C2O)C1O. The molecule has 0 aliphatic carbocycles. The van der Waals surface area contributed by atoms with E-state index in [9.17, 15) is 39.5 Å². The molecule has 32 nitrogen and oxygen atoms in total. The maximum absolute atomic E-state index is 13.9. The van der Waals surface area contributed by atoms with Gasteiger partial charge in [0.1, 0.15) is 90.5 Å². The number of hydrogen-bond acceptors (Lipinski definition) is 27. The molecule has 0 saturated carbocycles. The summed E-state index contributed by atoms with van der Waals surface area (Å²) in [6.45, 7) is -10.8. The minimum atomic E-state index is -5.28. The molecule has 0 bridgehead atoms. The predicted molar refractivity (Wildman–Crippen MR) is 232 cm³/mol. The highest BCUT2D eigenvalue weighted by molar-refractivity contribution is 8.07. The highest BCUT2D eigenvalue weighted by Gasteiger charge is 2.53. The molecule has 0 aromatic carbocycles. The van der Waals surface area contributed by atoms with Gasteiger partial charge < -0.3 is 80.1 Å². The minimum Gasteiger partial charge on any atom is -0.387 e. The molecule has 6 aromatic heterocycles. The Morgan fingerprint density at radius 1 is 0.574 bits per heavy atom. The van der Waals surface area contributed by atoms with Crippen molar-refractivity contribution >= 4 is 95.8 Å². The number of phosphoric ester groups is 1. The van der Waals surface area contributed by atoms with Crippen molar-refractivity contribution in [2.75, 3.05) is 44.1 Å². The number of phosphoric acid groups is 1. The number of nitrogens with two attached hydrogens (primary N) is 3. The Hall–Kier alpha value is -4.06. The summed E-state index contributed by atoms with van der Waals surface area (Å²) in [6.07, 6.45) is -10.5. The number of nitrogens with zero attached hydrogens (tertiary/aromatic N) is 12. The highest BCUT2D eigenvalue weighted by Crippen LogP contribution is 2.53. The van der Waals surface area contributed by atoms with Crippen LogP contribution in [-0.4, -0.2) is 175 Å². The van der Waals surface area contributed by atoms with E-state index in [0.29, 0.717) is 0 Å². The average molecular weight is 1050 g/mol. The van der Waals surface area contributed by atoms with Crippen LogP contribution in [0.3, 0.4) is 0 Å². The van der Waals surface area contributed by atoms with Crippen LogP contribution in [0.25, 0.3) is 33.5 Å². The number of hydrogen-bond donors (Lipinski definition) is 10. The number of aliphatic hydroxyl groups is 3. The normalized spacial score (nSPS) is 30.7. The fourth-order valence-corrected chi connectivity index (χ4v) is 10.7. The van der Waals surface area contributed by atoms with E-state index in [-0.39, 0.29) is 50.9 Å². The van der Waals surface area contributed by atoms with Crippen molar-refractivity contribution < 1.29 is 81.0 Å². The molecule has 3 aliphatic heterocycles. The fraction of sp³-hybridized carbons (Fsp3) is 0.516. The molecule has 0 amide bonds. The number of imidazole rings is 3. The van der Waals surface area contributed by atoms with Crippen molar-refractivity contribution in [3.05, 3.63) is 38.0 Å². The van der Waals surface area contributed by atoms with E-state index < -0.39 is 115 Å². The second kappa shape index (κ2) is 18.9. The zero-order valence-electron chi connectivity index (χ0n) is 34.5. The van der Waals surface area contributed by atoms with Gasteiger partial charge in [0, 0.05) is 7.11 Å². The molecule has 0 radical (unpaired) electrons. The standard InChI is InChI=1S/C31H40N15O17P3S2/c1-55-20-13(4-57-65(52,53)67)61-31(46-10-43-16-25(34)37-7-40-28(16)46)22(20)62-64(50,51)56-2-12-18(48)21(30(60-12)45-9-42-15-24(33)36-6-39-27(15)45)63-66(54,68)58-3-11-17(47)19(49)29(59-11)44-8-41-14-23(32)35-5-38-26(14)44/h5-13,17-22,29-31,47-49H,2-4H2,1H3,(H,50,51)(H,54,68)(H2,32,35,38)(H2,33,36,39)(H2,34,37,40)(H2,52,53,67). The van der Waals surface area contributed by atoms with E-state index in [1.165, 1.54) is 46.1 Å². The molecule has 6 aromatic rings. The molecule has 37 heteroatoms. The van der Waals surface area contributed by atoms with E-state index in [2.05, 4.69) is 56.7 Å². The van der Waals surface area contributed by atoms with Gasteiger partial charge in [0.25, 0.3) is 0 Å². The van der Waals surface area contributed by atoms with E-state index in [0.717, 1.165) is 12.7 Å². The second-order valence-electron chi connectivity index (χ2n) is 15.1.